The number of carboxylic acid groups (broad SMARTS) is 2. The SMILES string of the molecule is O=C(O)[C@@H]1[C@H](C(=O)O)[C@@H]2CC[C@H]1N2. The molecule has 3 N–H and O–H groups in total. The summed E-state index contributed by atoms with van der Waals surface area (Å²) >= 11 is 0. The van der Waals surface area contributed by atoms with Gasteiger partial charge in [-0.15, -0.1) is 0 Å². The summed E-state index contributed by atoms with van der Waals surface area (Å²) < 4.78 is 0. The van der Waals surface area contributed by atoms with Crippen molar-refractivity contribution in [3.63, 3.8) is 0 Å². The molecule has 2 aliphatic heterocycles. The van der Waals surface area contributed by atoms with Crippen LogP contribution < -0.4 is 5.32 Å². The number of hydrogen-bond acceptors (Lipinski definition) is 3. The monoisotopic (exact) mass is 185 g/mol. The lowest BCUT2D eigenvalue weighted by molar-refractivity contribution is -0.154. The molecule has 0 aromatic heterocycles. The van der Waals surface area contributed by atoms with Gasteiger partial charge in [0.1, 0.15) is 0 Å². The Bertz CT molecular complexity index is 239. The molecule has 2 bridgehead atoms. The van der Waals surface area contributed by atoms with Gasteiger partial charge < -0.3 is 15.5 Å². The number of aliphatic carboxylic acids is 2. The van der Waals surface area contributed by atoms with Crippen molar-refractivity contribution >= 4 is 11.9 Å². The van der Waals surface area contributed by atoms with E-state index in [0.29, 0.717) is 0 Å². The van der Waals surface area contributed by atoms with E-state index in [4.69, 9.17) is 10.2 Å². The average Bonchev–Trinajstić information content (AvgIpc) is 2.60. The Morgan fingerprint density at radius 3 is 1.69 bits per heavy atom. The number of rotatable bonds is 2. The van der Waals surface area contributed by atoms with Gasteiger partial charge in [-0.2, -0.15) is 0 Å². The molecule has 2 rings (SSSR count). The van der Waals surface area contributed by atoms with Crippen molar-refractivity contribution in [1.29, 1.82) is 0 Å². The van der Waals surface area contributed by atoms with Crippen molar-refractivity contribution in [3.8, 4) is 0 Å². The van der Waals surface area contributed by atoms with Crippen LogP contribution in [0.1, 0.15) is 12.8 Å². The first-order chi connectivity index (χ1) is 6.11. The molecule has 13 heavy (non-hydrogen) atoms. The quantitative estimate of drug-likeness (QED) is 0.541. The van der Waals surface area contributed by atoms with Gasteiger partial charge >= 0.3 is 11.9 Å². The van der Waals surface area contributed by atoms with Crippen LogP contribution in [0.4, 0.5) is 0 Å². The molecule has 0 radical (unpaired) electrons. The minimum atomic E-state index is -0.993. The highest BCUT2D eigenvalue weighted by Gasteiger charge is 2.54. The third-order valence-electron chi connectivity index (χ3n) is 3.04. The summed E-state index contributed by atoms with van der Waals surface area (Å²) in [7, 11) is 0. The lowest BCUT2D eigenvalue weighted by Crippen LogP contribution is -2.38. The summed E-state index contributed by atoms with van der Waals surface area (Å²) in [6.07, 6.45) is 1.57. The van der Waals surface area contributed by atoms with Crippen LogP contribution in [-0.4, -0.2) is 34.2 Å². The average molecular weight is 185 g/mol. The van der Waals surface area contributed by atoms with Gasteiger partial charge in [-0.1, -0.05) is 0 Å². The van der Waals surface area contributed by atoms with Crippen LogP contribution >= 0.6 is 0 Å². The van der Waals surface area contributed by atoms with Crippen LogP contribution in [0.3, 0.4) is 0 Å². The second-order valence-corrected chi connectivity index (χ2v) is 3.69. The van der Waals surface area contributed by atoms with E-state index in [9.17, 15) is 9.59 Å². The van der Waals surface area contributed by atoms with E-state index in [-0.39, 0.29) is 12.1 Å². The lowest BCUT2D eigenvalue weighted by atomic mass is 9.79. The zero-order chi connectivity index (χ0) is 9.59. The number of carbonyl (C=O) groups is 2. The van der Waals surface area contributed by atoms with Crippen LogP contribution in [0, 0.1) is 11.8 Å². The van der Waals surface area contributed by atoms with Crippen molar-refractivity contribution in [1.82, 2.24) is 5.32 Å². The Morgan fingerprint density at radius 2 is 1.38 bits per heavy atom. The maximum absolute atomic E-state index is 10.8. The smallest absolute Gasteiger partial charge is 0.309 e. The normalized spacial score (nSPS) is 42.2. The first-order valence-corrected chi connectivity index (χ1v) is 4.33. The molecule has 4 atom stereocenters. The van der Waals surface area contributed by atoms with Gasteiger partial charge in [0, 0.05) is 12.1 Å². The van der Waals surface area contributed by atoms with E-state index in [1.807, 2.05) is 0 Å². The number of carboxylic acids is 2. The molecule has 0 aromatic carbocycles. The van der Waals surface area contributed by atoms with Gasteiger partial charge in [0.2, 0.25) is 0 Å². The van der Waals surface area contributed by atoms with Crippen molar-refractivity contribution < 1.29 is 19.8 Å². The van der Waals surface area contributed by atoms with Crippen LogP contribution in [-0.2, 0) is 9.59 Å². The Labute approximate surface area is 74.7 Å². The van der Waals surface area contributed by atoms with Crippen LogP contribution in [0.15, 0.2) is 0 Å². The highest BCUT2D eigenvalue weighted by Crippen LogP contribution is 2.38. The summed E-state index contributed by atoms with van der Waals surface area (Å²) in [5, 5.41) is 20.7. The lowest BCUT2D eigenvalue weighted by Gasteiger charge is -2.22. The Morgan fingerprint density at radius 1 is 1.00 bits per heavy atom. The Kier molecular flexibility index (Phi) is 1.76. The third kappa shape index (κ3) is 1.11. The fourth-order valence-electron chi connectivity index (χ4n) is 2.52. The highest BCUT2D eigenvalue weighted by atomic mass is 16.4. The minimum absolute atomic E-state index is 0.136. The molecule has 0 saturated carbocycles. The second-order valence-electron chi connectivity index (χ2n) is 3.69. The van der Waals surface area contributed by atoms with Crippen molar-refractivity contribution in [2.24, 2.45) is 11.8 Å². The number of hydrogen-bond donors (Lipinski definition) is 3. The van der Waals surface area contributed by atoms with Crippen LogP contribution in [0.2, 0.25) is 0 Å². The fourth-order valence-corrected chi connectivity index (χ4v) is 2.52. The van der Waals surface area contributed by atoms with E-state index in [1.165, 1.54) is 0 Å². The maximum atomic E-state index is 10.8. The number of nitrogens with one attached hydrogen (secondary N) is 1. The summed E-state index contributed by atoms with van der Waals surface area (Å²) in [6, 6.07) is -0.271. The van der Waals surface area contributed by atoms with E-state index < -0.39 is 23.8 Å². The van der Waals surface area contributed by atoms with Gasteiger partial charge in [-0.3, -0.25) is 9.59 Å². The van der Waals surface area contributed by atoms with Crippen LogP contribution in [0.25, 0.3) is 0 Å². The van der Waals surface area contributed by atoms with Crippen molar-refractivity contribution in [2.45, 2.75) is 24.9 Å². The molecular weight excluding hydrogens is 174 g/mol. The summed E-state index contributed by atoms with van der Waals surface area (Å²) in [4.78, 5) is 21.6. The van der Waals surface area contributed by atoms with Crippen molar-refractivity contribution in [2.75, 3.05) is 0 Å². The predicted octanol–water partition coefficient (Wildman–Crippen LogP) is -0.478. The van der Waals surface area contributed by atoms with E-state index >= 15 is 0 Å². The van der Waals surface area contributed by atoms with E-state index in [2.05, 4.69) is 5.32 Å². The van der Waals surface area contributed by atoms with Gasteiger partial charge in [0.25, 0.3) is 0 Å². The molecule has 0 aromatic rings. The molecule has 2 heterocycles. The second kappa shape index (κ2) is 2.70. The topological polar surface area (TPSA) is 86.6 Å². The molecular formula is C8H11NO4. The largest absolute Gasteiger partial charge is 0.481 e. The summed E-state index contributed by atoms with van der Waals surface area (Å²) in [5.41, 5.74) is 0. The zero-order valence-electron chi connectivity index (χ0n) is 6.93. The zero-order valence-corrected chi connectivity index (χ0v) is 6.93. The van der Waals surface area contributed by atoms with Gasteiger partial charge in [0.15, 0.2) is 0 Å². The molecule has 0 spiro atoms. The van der Waals surface area contributed by atoms with Crippen LogP contribution in [0.5, 0.6) is 0 Å². The molecule has 5 nitrogen and oxygen atoms in total. The molecule has 2 saturated heterocycles. The maximum Gasteiger partial charge on any atom is 0.309 e. The first-order valence-electron chi connectivity index (χ1n) is 4.33. The summed E-state index contributed by atoms with van der Waals surface area (Å²) in [6.45, 7) is 0. The van der Waals surface area contributed by atoms with Gasteiger partial charge in [0.05, 0.1) is 11.8 Å². The molecule has 2 aliphatic rings. The molecule has 72 valence electrons. The third-order valence-corrected chi connectivity index (χ3v) is 3.04. The molecule has 0 unspecified atom stereocenters. The van der Waals surface area contributed by atoms with Gasteiger partial charge in [-0.25, -0.2) is 0 Å². The molecule has 2 fully saturated rings. The Balaban J connectivity index is 2.24. The first kappa shape index (κ1) is 8.50. The Hall–Kier alpha value is -1.10. The molecule has 0 amide bonds. The predicted molar refractivity (Wildman–Crippen MR) is 42.2 cm³/mol. The fraction of sp³-hybridized carbons (Fsp3) is 0.750. The standard InChI is InChI=1S/C8H11NO4/c10-7(11)5-3-1-2-4(9-3)6(5)8(12)13/h3-6,9H,1-2H2,(H,10,11)(H,12,13)/t3-,4+,5+,6-. The van der Waals surface area contributed by atoms with E-state index in [0.717, 1.165) is 12.8 Å². The van der Waals surface area contributed by atoms with Gasteiger partial charge in [-0.05, 0) is 12.8 Å². The van der Waals surface area contributed by atoms with Crippen molar-refractivity contribution in [3.05, 3.63) is 0 Å². The highest BCUT2D eigenvalue weighted by molar-refractivity contribution is 5.82. The number of fused-ring (bicyclic) bond motifs is 2. The van der Waals surface area contributed by atoms with E-state index in [1.54, 1.807) is 0 Å². The summed E-state index contributed by atoms with van der Waals surface area (Å²) in [5.74, 6) is -3.47. The minimum Gasteiger partial charge on any atom is -0.481 e. The molecule has 5 heteroatoms. The molecule has 0 aliphatic carbocycles.